The van der Waals surface area contributed by atoms with Crippen LogP contribution in [0.5, 0.6) is 0 Å². The maximum Gasteiger partial charge on any atom is -0.0322 e. The Morgan fingerprint density at radius 2 is 1.60 bits per heavy atom. The van der Waals surface area contributed by atoms with Crippen molar-refractivity contribution in [3.05, 3.63) is 11.6 Å². The summed E-state index contributed by atoms with van der Waals surface area (Å²) < 4.78 is 0. The van der Waals surface area contributed by atoms with Crippen molar-refractivity contribution in [1.29, 1.82) is 0 Å². The van der Waals surface area contributed by atoms with Gasteiger partial charge in [0.1, 0.15) is 0 Å². The Balaban J connectivity index is -0.000000142. The first-order valence-electron chi connectivity index (χ1n) is 5.86. The second-order valence-electron chi connectivity index (χ2n) is 3.53. The molecule has 0 nitrogen and oxygen atoms in total. The van der Waals surface area contributed by atoms with Crippen LogP contribution in [0.2, 0.25) is 0 Å². The van der Waals surface area contributed by atoms with Crippen LogP contribution in [0.4, 0.5) is 0 Å². The van der Waals surface area contributed by atoms with Crippen molar-refractivity contribution in [2.75, 3.05) is 0 Å². The zero-order valence-electron chi connectivity index (χ0n) is 10.5. The van der Waals surface area contributed by atoms with Gasteiger partial charge in [0.15, 0.2) is 0 Å². The van der Waals surface area contributed by atoms with E-state index in [1.165, 1.54) is 31.3 Å². The van der Waals surface area contributed by atoms with Gasteiger partial charge < -0.3 is 0 Å². The first-order valence-corrected chi connectivity index (χ1v) is 5.86. The monoisotopic (exact) mass is 216 g/mol. The zero-order chi connectivity index (χ0) is 10.7. The second kappa shape index (κ2) is 19.3. The fraction of sp³-hybridized carbons (Fsp3) is 0.867. The minimum Gasteiger partial charge on any atom is -0.0854 e. The highest BCUT2D eigenvalue weighted by atomic mass is 14.0. The van der Waals surface area contributed by atoms with E-state index in [2.05, 4.69) is 33.8 Å². The summed E-state index contributed by atoms with van der Waals surface area (Å²) >= 11 is 0. The van der Waals surface area contributed by atoms with Gasteiger partial charge in [0.2, 0.25) is 0 Å². The summed E-state index contributed by atoms with van der Waals surface area (Å²) in [5.41, 5.74) is 1.54. The normalized spacial score (nSPS) is 11.5. The summed E-state index contributed by atoms with van der Waals surface area (Å²) in [5.74, 6) is 0.876. The lowest BCUT2D eigenvalue weighted by Gasteiger charge is -2.06. The van der Waals surface area contributed by atoms with Crippen LogP contribution in [0.1, 0.15) is 82.1 Å². The molecule has 0 aromatic rings. The van der Waals surface area contributed by atoms with Crippen molar-refractivity contribution in [2.24, 2.45) is 5.92 Å². The molecule has 0 aromatic carbocycles. The molecule has 1 atom stereocenters. The predicted molar refractivity (Wildman–Crippen MR) is 77.5 cm³/mol. The van der Waals surface area contributed by atoms with Gasteiger partial charge in [-0.25, -0.2) is 0 Å². The first-order chi connectivity index (χ1) is 6.20. The van der Waals surface area contributed by atoms with Crippen LogP contribution in [0.3, 0.4) is 0 Å². The van der Waals surface area contributed by atoms with E-state index < -0.39 is 0 Å². The lowest BCUT2D eigenvalue weighted by Crippen LogP contribution is -1.91. The number of hydrogen-bond donors (Lipinski definition) is 0. The molecule has 0 spiro atoms. The van der Waals surface area contributed by atoms with Gasteiger partial charge in [-0.05, 0) is 25.7 Å². The average molecular weight is 216 g/mol. The Kier molecular flexibility index (Phi) is 31.1. The highest BCUT2D eigenvalue weighted by Gasteiger charge is 1.96. The van der Waals surface area contributed by atoms with E-state index in [-0.39, 0.29) is 14.9 Å². The van der Waals surface area contributed by atoms with Gasteiger partial charge in [-0.2, -0.15) is 0 Å². The van der Waals surface area contributed by atoms with E-state index in [1.807, 2.05) is 13.8 Å². The number of rotatable bonds is 5. The Hall–Kier alpha value is -0.260. The standard InChI is InChI=1S/C11H22.C2H6.2CH4/c1-5-7-11(4)9-8-10(3)6-2;1-2;;/h8,11H,5-7,9H2,1-4H3;1-2H3;2*1H4. The summed E-state index contributed by atoms with van der Waals surface area (Å²) in [6, 6.07) is 0. The van der Waals surface area contributed by atoms with Gasteiger partial charge in [-0.15, -0.1) is 0 Å². The summed E-state index contributed by atoms with van der Waals surface area (Å²) in [5, 5.41) is 0. The van der Waals surface area contributed by atoms with Crippen LogP contribution in [0.25, 0.3) is 0 Å². The molecule has 0 heteroatoms. The molecule has 0 aliphatic carbocycles. The Morgan fingerprint density at radius 3 is 1.93 bits per heavy atom. The molecule has 0 N–H and O–H groups in total. The largest absolute Gasteiger partial charge is 0.0854 e. The van der Waals surface area contributed by atoms with Gasteiger partial charge in [-0.1, -0.05) is 74.0 Å². The highest BCUT2D eigenvalue weighted by molar-refractivity contribution is 4.96. The zero-order valence-corrected chi connectivity index (χ0v) is 10.5. The maximum absolute atomic E-state index is 2.39. The molecule has 1 unspecified atom stereocenters. The third-order valence-electron chi connectivity index (χ3n) is 2.21. The topological polar surface area (TPSA) is 0 Å². The fourth-order valence-electron chi connectivity index (χ4n) is 1.16. The van der Waals surface area contributed by atoms with E-state index in [0.29, 0.717) is 0 Å². The Bertz CT molecular complexity index is 111. The number of hydrogen-bond acceptors (Lipinski definition) is 0. The molecule has 0 amide bonds. The van der Waals surface area contributed by atoms with Crippen LogP contribution >= 0.6 is 0 Å². The molecule has 15 heavy (non-hydrogen) atoms. The molecular formula is C15H36. The maximum atomic E-state index is 2.39. The quantitative estimate of drug-likeness (QED) is 0.462. The second-order valence-corrected chi connectivity index (χ2v) is 3.53. The molecule has 0 saturated heterocycles. The van der Waals surface area contributed by atoms with E-state index in [9.17, 15) is 0 Å². The smallest absolute Gasteiger partial charge is 0.0322 e. The van der Waals surface area contributed by atoms with Gasteiger partial charge in [-0.3, -0.25) is 0 Å². The molecule has 0 aliphatic rings. The van der Waals surface area contributed by atoms with Crippen LogP contribution in [0.15, 0.2) is 11.6 Å². The molecule has 0 saturated carbocycles. The van der Waals surface area contributed by atoms with Gasteiger partial charge >= 0.3 is 0 Å². The molecule has 0 radical (unpaired) electrons. The third-order valence-corrected chi connectivity index (χ3v) is 2.21. The molecular weight excluding hydrogens is 180 g/mol. The molecule has 96 valence electrons. The summed E-state index contributed by atoms with van der Waals surface area (Å²) in [4.78, 5) is 0. The highest BCUT2D eigenvalue weighted by Crippen LogP contribution is 2.12. The van der Waals surface area contributed by atoms with Crippen molar-refractivity contribution in [2.45, 2.75) is 82.1 Å². The minimum absolute atomic E-state index is 0. The van der Waals surface area contributed by atoms with Gasteiger partial charge in [0, 0.05) is 0 Å². The lowest BCUT2D eigenvalue weighted by atomic mass is 10.0. The first kappa shape index (κ1) is 24.1. The van der Waals surface area contributed by atoms with Gasteiger partial charge in [0.05, 0.1) is 0 Å². The molecule has 0 heterocycles. The van der Waals surface area contributed by atoms with Crippen LogP contribution < -0.4 is 0 Å². The summed E-state index contributed by atoms with van der Waals surface area (Å²) in [6.45, 7) is 13.0. The SMILES string of the molecule is C.C.CC.CCCC(C)CC=C(C)CC. The van der Waals surface area contributed by atoms with Crippen molar-refractivity contribution < 1.29 is 0 Å². The van der Waals surface area contributed by atoms with Crippen LogP contribution in [0, 0.1) is 5.92 Å². The molecule has 0 aliphatic heterocycles. The summed E-state index contributed by atoms with van der Waals surface area (Å²) in [7, 11) is 0. The van der Waals surface area contributed by atoms with Crippen molar-refractivity contribution in [3.8, 4) is 0 Å². The van der Waals surface area contributed by atoms with Crippen molar-refractivity contribution in [3.63, 3.8) is 0 Å². The fourth-order valence-corrected chi connectivity index (χ4v) is 1.16. The van der Waals surface area contributed by atoms with E-state index in [1.54, 1.807) is 0 Å². The van der Waals surface area contributed by atoms with E-state index >= 15 is 0 Å². The Morgan fingerprint density at radius 1 is 1.13 bits per heavy atom. The molecule has 0 fully saturated rings. The third kappa shape index (κ3) is 20.0. The van der Waals surface area contributed by atoms with Crippen LogP contribution in [-0.4, -0.2) is 0 Å². The summed E-state index contributed by atoms with van der Waals surface area (Å²) in [6.07, 6.45) is 7.56. The van der Waals surface area contributed by atoms with Crippen molar-refractivity contribution in [1.82, 2.24) is 0 Å². The molecule has 0 rings (SSSR count). The minimum atomic E-state index is 0. The van der Waals surface area contributed by atoms with E-state index in [4.69, 9.17) is 0 Å². The lowest BCUT2D eigenvalue weighted by molar-refractivity contribution is 0.530. The average Bonchev–Trinajstić information content (AvgIpc) is 2.18. The van der Waals surface area contributed by atoms with Crippen molar-refractivity contribution >= 4 is 0 Å². The molecule has 0 aromatic heterocycles. The van der Waals surface area contributed by atoms with Crippen LogP contribution in [-0.2, 0) is 0 Å². The Labute approximate surface area is 100 Å². The predicted octanol–water partition coefficient (Wildman–Crippen LogP) is 6.47. The molecule has 0 bridgehead atoms. The number of allylic oxidation sites excluding steroid dienone is 2. The van der Waals surface area contributed by atoms with Gasteiger partial charge in [0.25, 0.3) is 0 Å². The van der Waals surface area contributed by atoms with E-state index in [0.717, 1.165) is 5.92 Å².